The van der Waals surface area contributed by atoms with Gasteiger partial charge in [0.2, 0.25) is 0 Å². The largest absolute Gasteiger partial charge is 0.298 e. The number of aromatic nitrogens is 1. The molecule has 0 amide bonds. The molecule has 1 saturated heterocycles. The molecular formula is C13H18N2O. The summed E-state index contributed by atoms with van der Waals surface area (Å²) in [6.45, 7) is 6.51. The van der Waals surface area contributed by atoms with Crippen molar-refractivity contribution in [3.63, 3.8) is 0 Å². The summed E-state index contributed by atoms with van der Waals surface area (Å²) >= 11 is 0. The van der Waals surface area contributed by atoms with Crippen molar-refractivity contribution in [2.45, 2.75) is 26.8 Å². The summed E-state index contributed by atoms with van der Waals surface area (Å²) in [5.41, 5.74) is 1.09. The lowest BCUT2D eigenvalue weighted by molar-refractivity contribution is -0.132. The lowest BCUT2D eigenvalue weighted by atomic mass is 9.81. The van der Waals surface area contributed by atoms with Gasteiger partial charge < -0.3 is 0 Å². The topological polar surface area (TPSA) is 33.2 Å². The smallest absolute Gasteiger partial charge is 0.152 e. The van der Waals surface area contributed by atoms with E-state index in [0.29, 0.717) is 12.3 Å². The van der Waals surface area contributed by atoms with E-state index in [9.17, 15) is 4.79 Å². The highest BCUT2D eigenvalue weighted by Gasteiger charge is 2.33. The van der Waals surface area contributed by atoms with Gasteiger partial charge in [-0.05, 0) is 30.7 Å². The fourth-order valence-electron chi connectivity index (χ4n) is 1.95. The highest BCUT2D eigenvalue weighted by Crippen LogP contribution is 2.27. The summed E-state index contributed by atoms with van der Waals surface area (Å²) in [6.07, 6.45) is 4.55. The van der Waals surface area contributed by atoms with Crippen LogP contribution in [0.3, 0.4) is 0 Å². The number of hydrogen-bond donors (Lipinski definition) is 0. The third-order valence-electron chi connectivity index (χ3n) is 3.33. The molecule has 0 bridgehead atoms. The molecule has 0 aromatic carbocycles. The zero-order valence-corrected chi connectivity index (χ0v) is 9.94. The third-order valence-corrected chi connectivity index (χ3v) is 3.33. The van der Waals surface area contributed by atoms with E-state index in [1.807, 2.05) is 26.0 Å². The highest BCUT2D eigenvalue weighted by molar-refractivity contribution is 5.86. The molecule has 2 rings (SSSR count). The average molecular weight is 218 g/mol. The van der Waals surface area contributed by atoms with Gasteiger partial charge in [0, 0.05) is 24.4 Å². The molecule has 0 saturated carbocycles. The van der Waals surface area contributed by atoms with E-state index < -0.39 is 0 Å². The molecule has 0 N–H and O–H groups in total. The van der Waals surface area contributed by atoms with Crippen LogP contribution in [0.5, 0.6) is 0 Å². The number of Topliss-reactive ketones (excluding diaryl/α,β-unsaturated/α-hetero) is 1. The molecule has 0 radical (unpaired) electrons. The van der Waals surface area contributed by atoms with Crippen molar-refractivity contribution in [2.75, 3.05) is 13.1 Å². The van der Waals surface area contributed by atoms with Crippen molar-refractivity contribution in [1.82, 2.24) is 9.88 Å². The van der Waals surface area contributed by atoms with Gasteiger partial charge in [-0.25, -0.2) is 0 Å². The van der Waals surface area contributed by atoms with Crippen molar-refractivity contribution >= 4 is 5.78 Å². The van der Waals surface area contributed by atoms with Crippen LogP contribution < -0.4 is 0 Å². The number of piperidine rings is 1. The maximum absolute atomic E-state index is 11.9. The monoisotopic (exact) mass is 218 g/mol. The minimum Gasteiger partial charge on any atom is -0.298 e. The standard InChI is InChI=1S/C13H18N2O/c1-13(2)5-8-15(10-12(13)16)9-11-3-6-14-7-4-11/h3-4,6-7H,5,8-10H2,1-2H3. The Labute approximate surface area is 96.5 Å². The van der Waals surface area contributed by atoms with E-state index >= 15 is 0 Å². The number of carbonyl (C=O) groups excluding carboxylic acids is 1. The van der Waals surface area contributed by atoms with E-state index in [-0.39, 0.29) is 5.41 Å². The Hall–Kier alpha value is -1.22. The summed E-state index contributed by atoms with van der Waals surface area (Å²) in [4.78, 5) is 18.1. The van der Waals surface area contributed by atoms with Gasteiger partial charge in [0.15, 0.2) is 5.78 Å². The summed E-state index contributed by atoms with van der Waals surface area (Å²) < 4.78 is 0. The molecule has 3 nitrogen and oxygen atoms in total. The van der Waals surface area contributed by atoms with Crippen molar-refractivity contribution in [1.29, 1.82) is 0 Å². The lowest BCUT2D eigenvalue weighted by Gasteiger charge is -2.35. The lowest BCUT2D eigenvalue weighted by Crippen LogP contribution is -2.44. The Morgan fingerprint density at radius 2 is 2.06 bits per heavy atom. The van der Waals surface area contributed by atoms with Crippen molar-refractivity contribution in [3.05, 3.63) is 30.1 Å². The first-order valence-electron chi connectivity index (χ1n) is 5.72. The van der Waals surface area contributed by atoms with E-state index in [1.165, 1.54) is 5.56 Å². The van der Waals surface area contributed by atoms with Gasteiger partial charge in [0.25, 0.3) is 0 Å². The maximum atomic E-state index is 11.9. The second kappa shape index (κ2) is 4.34. The Balaban J connectivity index is 1.97. The molecule has 1 aliphatic heterocycles. The first kappa shape index (κ1) is 11.3. The second-order valence-electron chi connectivity index (χ2n) is 5.12. The van der Waals surface area contributed by atoms with Crippen LogP contribution in [0.2, 0.25) is 0 Å². The molecule has 2 heterocycles. The van der Waals surface area contributed by atoms with Crippen LogP contribution in [-0.4, -0.2) is 28.8 Å². The van der Waals surface area contributed by atoms with Crippen molar-refractivity contribution in [3.8, 4) is 0 Å². The number of ketones is 1. The van der Waals surface area contributed by atoms with Gasteiger partial charge in [-0.1, -0.05) is 13.8 Å². The molecule has 0 aliphatic carbocycles. The SMILES string of the molecule is CC1(C)CCN(Cc2ccncc2)CC1=O. The molecule has 0 atom stereocenters. The number of nitrogens with zero attached hydrogens (tertiary/aromatic N) is 2. The fourth-order valence-corrected chi connectivity index (χ4v) is 1.95. The molecule has 1 fully saturated rings. The van der Waals surface area contributed by atoms with Gasteiger partial charge in [-0.2, -0.15) is 0 Å². The third kappa shape index (κ3) is 2.47. The van der Waals surface area contributed by atoms with E-state index in [1.54, 1.807) is 12.4 Å². The summed E-state index contributed by atoms with van der Waals surface area (Å²) in [6, 6.07) is 4.01. The molecule has 0 spiro atoms. The normalized spacial score (nSPS) is 21.0. The van der Waals surface area contributed by atoms with Crippen LogP contribution in [0.15, 0.2) is 24.5 Å². The van der Waals surface area contributed by atoms with E-state index in [4.69, 9.17) is 0 Å². The van der Waals surface area contributed by atoms with Crippen LogP contribution in [0.25, 0.3) is 0 Å². The quantitative estimate of drug-likeness (QED) is 0.760. The summed E-state index contributed by atoms with van der Waals surface area (Å²) in [5, 5.41) is 0. The zero-order valence-electron chi connectivity index (χ0n) is 9.94. The van der Waals surface area contributed by atoms with E-state index in [0.717, 1.165) is 19.5 Å². The van der Waals surface area contributed by atoms with Crippen molar-refractivity contribution < 1.29 is 4.79 Å². The van der Waals surface area contributed by atoms with Gasteiger partial charge in [-0.15, -0.1) is 0 Å². The number of rotatable bonds is 2. The first-order valence-corrected chi connectivity index (χ1v) is 5.72. The zero-order chi connectivity index (χ0) is 11.6. The van der Waals surface area contributed by atoms with Gasteiger partial charge in [0.05, 0.1) is 6.54 Å². The van der Waals surface area contributed by atoms with Crippen LogP contribution in [0, 0.1) is 5.41 Å². The summed E-state index contributed by atoms with van der Waals surface area (Å²) in [5.74, 6) is 0.354. The number of pyridine rings is 1. The first-order chi connectivity index (χ1) is 7.58. The highest BCUT2D eigenvalue weighted by atomic mass is 16.1. The molecule has 16 heavy (non-hydrogen) atoms. The molecule has 1 aromatic rings. The molecule has 1 aliphatic rings. The predicted octanol–water partition coefficient (Wildman–Crippen LogP) is 1.88. The van der Waals surface area contributed by atoms with E-state index in [2.05, 4.69) is 9.88 Å². The predicted molar refractivity (Wildman–Crippen MR) is 62.9 cm³/mol. The van der Waals surface area contributed by atoms with Crippen LogP contribution in [0.1, 0.15) is 25.8 Å². The van der Waals surface area contributed by atoms with Gasteiger partial charge in [0.1, 0.15) is 0 Å². The fraction of sp³-hybridized carbons (Fsp3) is 0.538. The maximum Gasteiger partial charge on any atom is 0.152 e. The Bertz CT molecular complexity index is 373. The Kier molecular flexibility index (Phi) is 3.06. The minimum atomic E-state index is -0.130. The number of carbonyl (C=O) groups is 1. The molecule has 1 aromatic heterocycles. The number of hydrogen-bond acceptors (Lipinski definition) is 3. The Morgan fingerprint density at radius 3 is 2.69 bits per heavy atom. The Morgan fingerprint density at radius 1 is 1.38 bits per heavy atom. The van der Waals surface area contributed by atoms with Gasteiger partial charge >= 0.3 is 0 Å². The average Bonchev–Trinajstić information content (AvgIpc) is 2.26. The van der Waals surface area contributed by atoms with Crippen LogP contribution in [-0.2, 0) is 11.3 Å². The molecule has 86 valence electrons. The molecular weight excluding hydrogens is 200 g/mol. The van der Waals surface area contributed by atoms with Gasteiger partial charge in [-0.3, -0.25) is 14.7 Å². The molecule has 3 heteroatoms. The van der Waals surface area contributed by atoms with Crippen LogP contribution >= 0.6 is 0 Å². The second-order valence-corrected chi connectivity index (χ2v) is 5.12. The summed E-state index contributed by atoms with van der Waals surface area (Å²) in [7, 11) is 0. The van der Waals surface area contributed by atoms with Crippen molar-refractivity contribution in [2.24, 2.45) is 5.41 Å². The minimum absolute atomic E-state index is 0.130. The number of likely N-dealkylation sites (tertiary alicyclic amines) is 1. The molecule has 0 unspecified atom stereocenters. The van der Waals surface area contributed by atoms with Crippen LogP contribution in [0.4, 0.5) is 0 Å².